The number of nitro groups is 1. The minimum Gasteiger partial charge on any atom is -0.320 e. The number of hydrogen-bond donors (Lipinski definition) is 0. The van der Waals surface area contributed by atoms with E-state index in [9.17, 15) is 14.9 Å². The summed E-state index contributed by atoms with van der Waals surface area (Å²) in [5.74, 6) is 0.315. The third-order valence-corrected chi connectivity index (χ3v) is 5.85. The fourth-order valence-electron chi connectivity index (χ4n) is 4.32. The summed E-state index contributed by atoms with van der Waals surface area (Å²) in [6.07, 6.45) is 5.71. The molecule has 7 heteroatoms. The molecule has 0 spiro atoms. The van der Waals surface area contributed by atoms with Gasteiger partial charge in [0, 0.05) is 29.9 Å². The number of aromatic nitrogens is 1. The smallest absolute Gasteiger partial charge is 0.311 e. The van der Waals surface area contributed by atoms with E-state index in [-0.39, 0.29) is 5.69 Å². The van der Waals surface area contributed by atoms with Crippen molar-refractivity contribution in [3.63, 3.8) is 0 Å². The number of likely N-dealkylation sites (tertiary alicyclic amines) is 1. The molecule has 0 aliphatic carbocycles. The lowest BCUT2D eigenvalue weighted by molar-refractivity contribution is -0.384. The number of pyridine rings is 1. The molecule has 1 aromatic heterocycles. The Morgan fingerprint density at radius 2 is 1.72 bits per heavy atom. The average molecular weight is 431 g/mol. The van der Waals surface area contributed by atoms with Crippen LogP contribution in [0.2, 0.25) is 0 Å². The standard InChI is InChI=1S/C25H26N4O3/c30-19-20-9-1-2-10-21(20)22-11-3-4-12-23(22)28(18-8-17-27-15-5-6-16-27)25-24(29(31)32)13-7-14-26-25/h1-4,7,9-14,19H,5-6,8,15-18H2. The second-order valence-electron chi connectivity index (χ2n) is 7.88. The molecule has 0 bridgehead atoms. The SMILES string of the molecule is O=Cc1ccccc1-c1ccccc1N(CCCN1CCCC1)c1ncccc1[N+](=O)[O-]. The molecule has 0 saturated carbocycles. The van der Waals surface area contributed by atoms with E-state index in [1.807, 2.05) is 47.4 Å². The molecule has 0 amide bonds. The molecular formula is C25H26N4O3. The van der Waals surface area contributed by atoms with E-state index in [4.69, 9.17) is 0 Å². The van der Waals surface area contributed by atoms with Gasteiger partial charge in [0.25, 0.3) is 0 Å². The first-order valence-corrected chi connectivity index (χ1v) is 10.9. The van der Waals surface area contributed by atoms with Crippen molar-refractivity contribution in [1.29, 1.82) is 0 Å². The van der Waals surface area contributed by atoms with Crippen LogP contribution in [-0.2, 0) is 0 Å². The third kappa shape index (κ3) is 4.68. The number of rotatable bonds is 9. The van der Waals surface area contributed by atoms with Gasteiger partial charge in [0.2, 0.25) is 5.82 Å². The lowest BCUT2D eigenvalue weighted by Gasteiger charge is -2.27. The van der Waals surface area contributed by atoms with E-state index in [2.05, 4.69) is 9.88 Å². The highest BCUT2D eigenvalue weighted by Gasteiger charge is 2.24. The van der Waals surface area contributed by atoms with Crippen molar-refractivity contribution in [2.75, 3.05) is 31.1 Å². The highest BCUT2D eigenvalue weighted by atomic mass is 16.6. The molecule has 32 heavy (non-hydrogen) atoms. The maximum atomic E-state index is 11.8. The van der Waals surface area contributed by atoms with Gasteiger partial charge in [-0.2, -0.15) is 0 Å². The predicted octanol–water partition coefficient (Wildman–Crippen LogP) is 5.09. The molecule has 0 unspecified atom stereocenters. The Morgan fingerprint density at radius 3 is 2.47 bits per heavy atom. The summed E-state index contributed by atoms with van der Waals surface area (Å²) in [7, 11) is 0. The van der Waals surface area contributed by atoms with Crippen molar-refractivity contribution in [2.24, 2.45) is 0 Å². The molecule has 1 fully saturated rings. The van der Waals surface area contributed by atoms with Crippen molar-refractivity contribution >= 4 is 23.5 Å². The summed E-state index contributed by atoms with van der Waals surface area (Å²) >= 11 is 0. The van der Waals surface area contributed by atoms with Gasteiger partial charge in [0.15, 0.2) is 6.29 Å². The van der Waals surface area contributed by atoms with Crippen LogP contribution in [0, 0.1) is 10.1 Å². The summed E-state index contributed by atoms with van der Waals surface area (Å²) in [6, 6.07) is 18.2. The van der Waals surface area contributed by atoms with Crippen LogP contribution >= 0.6 is 0 Å². The largest absolute Gasteiger partial charge is 0.320 e. The van der Waals surface area contributed by atoms with E-state index >= 15 is 0 Å². The number of nitrogens with zero attached hydrogens (tertiary/aromatic N) is 4. The zero-order valence-corrected chi connectivity index (χ0v) is 17.9. The maximum Gasteiger partial charge on any atom is 0.311 e. The van der Waals surface area contributed by atoms with E-state index < -0.39 is 4.92 Å². The fourth-order valence-corrected chi connectivity index (χ4v) is 4.32. The van der Waals surface area contributed by atoms with Crippen molar-refractivity contribution in [3.05, 3.63) is 82.5 Å². The topological polar surface area (TPSA) is 79.6 Å². The zero-order valence-electron chi connectivity index (χ0n) is 17.9. The van der Waals surface area contributed by atoms with Gasteiger partial charge >= 0.3 is 5.69 Å². The Morgan fingerprint density at radius 1 is 1.00 bits per heavy atom. The number of anilines is 2. The first-order chi connectivity index (χ1) is 15.7. The van der Waals surface area contributed by atoms with Gasteiger partial charge in [-0.3, -0.25) is 14.9 Å². The minimum atomic E-state index is -0.391. The molecule has 3 aromatic rings. The number of carbonyl (C=O) groups is 1. The van der Waals surface area contributed by atoms with Gasteiger partial charge in [-0.15, -0.1) is 0 Å². The van der Waals surface area contributed by atoms with Gasteiger partial charge in [0.05, 0.1) is 10.6 Å². The molecule has 1 aliphatic rings. The molecule has 4 rings (SSSR count). The highest BCUT2D eigenvalue weighted by Crippen LogP contribution is 2.38. The van der Waals surface area contributed by atoms with Gasteiger partial charge in [-0.1, -0.05) is 42.5 Å². The van der Waals surface area contributed by atoms with Crippen LogP contribution in [0.1, 0.15) is 29.6 Å². The van der Waals surface area contributed by atoms with Crippen molar-refractivity contribution in [3.8, 4) is 11.1 Å². The molecule has 1 aliphatic heterocycles. The molecule has 7 nitrogen and oxygen atoms in total. The first-order valence-electron chi connectivity index (χ1n) is 10.9. The summed E-state index contributed by atoms with van der Waals surface area (Å²) < 4.78 is 0. The van der Waals surface area contributed by atoms with E-state index in [0.29, 0.717) is 17.9 Å². The summed E-state index contributed by atoms with van der Waals surface area (Å²) in [5, 5.41) is 11.8. The molecule has 0 atom stereocenters. The van der Waals surface area contributed by atoms with E-state index in [1.54, 1.807) is 18.3 Å². The molecule has 0 radical (unpaired) electrons. The zero-order chi connectivity index (χ0) is 22.3. The Hall–Kier alpha value is -3.58. The fraction of sp³-hybridized carbons (Fsp3) is 0.280. The molecule has 164 valence electrons. The van der Waals surface area contributed by atoms with Crippen LogP contribution in [-0.4, -0.2) is 47.3 Å². The monoisotopic (exact) mass is 430 g/mol. The van der Waals surface area contributed by atoms with Gasteiger partial charge in [-0.05, 0) is 56.6 Å². The molecular weight excluding hydrogens is 404 g/mol. The van der Waals surface area contributed by atoms with Crippen LogP contribution in [0.5, 0.6) is 0 Å². The average Bonchev–Trinajstić information content (AvgIpc) is 3.35. The number of carbonyl (C=O) groups excluding carboxylic acids is 1. The second kappa shape index (κ2) is 10.2. The van der Waals surface area contributed by atoms with Crippen LogP contribution < -0.4 is 4.90 Å². The number of hydrogen-bond acceptors (Lipinski definition) is 6. The Balaban J connectivity index is 1.77. The van der Waals surface area contributed by atoms with Gasteiger partial charge in [0.1, 0.15) is 0 Å². The number of para-hydroxylation sites is 1. The molecule has 0 N–H and O–H groups in total. The number of aldehydes is 1. The van der Waals surface area contributed by atoms with Crippen molar-refractivity contribution in [2.45, 2.75) is 19.3 Å². The van der Waals surface area contributed by atoms with Crippen molar-refractivity contribution in [1.82, 2.24) is 9.88 Å². The molecule has 2 heterocycles. The lowest BCUT2D eigenvalue weighted by Crippen LogP contribution is -2.27. The minimum absolute atomic E-state index is 0.0350. The molecule has 1 saturated heterocycles. The van der Waals surface area contributed by atoms with E-state index in [1.165, 1.54) is 18.9 Å². The van der Waals surface area contributed by atoms with Gasteiger partial charge < -0.3 is 9.80 Å². The van der Waals surface area contributed by atoms with Crippen LogP contribution in [0.3, 0.4) is 0 Å². The normalized spacial score (nSPS) is 13.8. The van der Waals surface area contributed by atoms with Crippen LogP contribution in [0.25, 0.3) is 11.1 Å². The van der Waals surface area contributed by atoms with Crippen molar-refractivity contribution < 1.29 is 9.72 Å². The predicted molar refractivity (Wildman–Crippen MR) is 125 cm³/mol. The van der Waals surface area contributed by atoms with E-state index in [0.717, 1.165) is 49.2 Å². The number of benzene rings is 2. The first kappa shape index (κ1) is 21.6. The molecule has 2 aromatic carbocycles. The van der Waals surface area contributed by atoms with Crippen LogP contribution in [0.4, 0.5) is 17.2 Å². The van der Waals surface area contributed by atoms with Gasteiger partial charge in [-0.25, -0.2) is 4.98 Å². The third-order valence-electron chi connectivity index (χ3n) is 5.85. The van der Waals surface area contributed by atoms with Crippen LogP contribution in [0.15, 0.2) is 66.9 Å². The summed E-state index contributed by atoms with van der Waals surface area (Å²) in [4.78, 5) is 31.8. The highest BCUT2D eigenvalue weighted by molar-refractivity contribution is 5.93. The summed E-state index contributed by atoms with van der Waals surface area (Å²) in [6.45, 7) is 3.72. The Labute approximate surface area is 187 Å². The Bertz CT molecular complexity index is 1100. The Kier molecular flexibility index (Phi) is 6.87. The lowest BCUT2D eigenvalue weighted by atomic mass is 9.98. The summed E-state index contributed by atoms with van der Waals surface area (Å²) in [5.41, 5.74) is 2.97. The maximum absolute atomic E-state index is 11.8. The quantitative estimate of drug-likeness (QED) is 0.267. The second-order valence-corrected chi connectivity index (χ2v) is 7.88.